The van der Waals surface area contributed by atoms with E-state index >= 15 is 0 Å². The average Bonchev–Trinajstić information content (AvgIpc) is 2.84. The van der Waals surface area contributed by atoms with E-state index in [2.05, 4.69) is 35.4 Å². The second kappa shape index (κ2) is 6.83. The lowest BCUT2D eigenvalue weighted by Gasteiger charge is -2.20. The summed E-state index contributed by atoms with van der Waals surface area (Å²) in [4.78, 5) is 17.8. The van der Waals surface area contributed by atoms with Crippen LogP contribution in [0.25, 0.3) is 0 Å². The molecule has 0 aliphatic heterocycles. The van der Waals surface area contributed by atoms with E-state index < -0.39 is 0 Å². The average molecular weight is 328 g/mol. The molecule has 1 atom stereocenters. The molecule has 1 amide bonds. The Kier molecular flexibility index (Phi) is 4.81. The smallest absolute Gasteiger partial charge is 0.225 e. The first kappa shape index (κ1) is 16.2. The van der Waals surface area contributed by atoms with Crippen molar-refractivity contribution in [2.75, 3.05) is 0 Å². The summed E-state index contributed by atoms with van der Waals surface area (Å²) in [5.74, 6) is 0.0713. The SMILES string of the molecule is Cc1nc(C)c(CC(=O)N[C@@H](C)c2ccc3c(c2)CCCC3)s1. The van der Waals surface area contributed by atoms with Crippen LogP contribution in [0.5, 0.6) is 0 Å². The van der Waals surface area contributed by atoms with Gasteiger partial charge < -0.3 is 5.32 Å². The number of carbonyl (C=O) groups is 1. The molecule has 0 saturated carbocycles. The van der Waals surface area contributed by atoms with Gasteiger partial charge in [-0.25, -0.2) is 4.98 Å². The van der Waals surface area contributed by atoms with E-state index in [-0.39, 0.29) is 11.9 Å². The van der Waals surface area contributed by atoms with Gasteiger partial charge in [-0.1, -0.05) is 18.2 Å². The lowest BCUT2D eigenvalue weighted by molar-refractivity contribution is -0.121. The van der Waals surface area contributed by atoms with E-state index in [1.165, 1.54) is 42.4 Å². The fourth-order valence-electron chi connectivity index (χ4n) is 3.28. The molecule has 1 aliphatic rings. The van der Waals surface area contributed by atoms with E-state index in [1.54, 1.807) is 11.3 Å². The zero-order valence-electron chi connectivity index (χ0n) is 14.1. The Bertz CT molecular complexity index is 720. The van der Waals surface area contributed by atoms with Crippen LogP contribution in [-0.4, -0.2) is 10.9 Å². The van der Waals surface area contributed by atoms with Crippen LogP contribution in [0.1, 0.15) is 58.1 Å². The van der Waals surface area contributed by atoms with Crippen LogP contribution < -0.4 is 5.32 Å². The molecule has 2 aromatic rings. The van der Waals surface area contributed by atoms with E-state index in [9.17, 15) is 4.79 Å². The summed E-state index contributed by atoms with van der Waals surface area (Å²) in [7, 11) is 0. The van der Waals surface area contributed by atoms with Crippen LogP contribution in [0.2, 0.25) is 0 Å². The number of nitrogens with one attached hydrogen (secondary N) is 1. The number of hydrogen-bond donors (Lipinski definition) is 1. The Hall–Kier alpha value is -1.68. The minimum atomic E-state index is 0.0454. The Morgan fingerprint density at radius 3 is 2.70 bits per heavy atom. The Labute approximate surface area is 142 Å². The lowest BCUT2D eigenvalue weighted by Crippen LogP contribution is -2.28. The number of thiazole rings is 1. The molecule has 4 heteroatoms. The third-order valence-electron chi connectivity index (χ3n) is 4.57. The second-order valence-corrected chi connectivity index (χ2v) is 7.73. The molecule has 1 heterocycles. The normalized spacial score (nSPS) is 15.1. The number of carbonyl (C=O) groups excluding carboxylic acids is 1. The maximum atomic E-state index is 12.3. The van der Waals surface area contributed by atoms with Gasteiger partial charge in [0.2, 0.25) is 5.91 Å². The van der Waals surface area contributed by atoms with Crippen molar-refractivity contribution in [2.24, 2.45) is 0 Å². The van der Waals surface area contributed by atoms with Gasteiger partial charge >= 0.3 is 0 Å². The summed E-state index contributed by atoms with van der Waals surface area (Å²) in [6.45, 7) is 6.01. The minimum absolute atomic E-state index is 0.0454. The fourth-order valence-corrected chi connectivity index (χ4v) is 4.22. The second-order valence-electron chi connectivity index (χ2n) is 6.44. The van der Waals surface area contributed by atoms with Crippen LogP contribution in [0.4, 0.5) is 0 Å². The first-order valence-corrected chi connectivity index (χ1v) is 9.18. The maximum absolute atomic E-state index is 12.3. The topological polar surface area (TPSA) is 42.0 Å². The van der Waals surface area contributed by atoms with E-state index in [0.717, 1.165) is 15.6 Å². The number of hydrogen-bond acceptors (Lipinski definition) is 3. The predicted molar refractivity (Wildman–Crippen MR) is 94.9 cm³/mol. The third-order valence-corrected chi connectivity index (χ3v) is 5.64. The van der Waals surface area contributed by atoms with Crippen molar-refractivity contribution in [3.8, 4) is 0 Å². The number of rotatable bonds is 4. The monoisotopic (exact) mass is 328 g/mol. The van der Waals surface area contributed by atoms with Gasteiger partial charge in [0.05, 0.1) is 23.2 Å². The first-order valence-electron chi connectivity index (χ1n) is 8.37. The van der Waals surface area contributed by atoms with Crippen molar-refractivity contribution in [3.05, 3.63) is 50.5 Å². The molecule has 1 N–H and O–H groups in total. The quantitative estimate of drug-likeness (QED) is 0.919. The summed E-state index contributed by atoms with van der Waals surface area (Å²) < 4.78 is 0. The molecule has 0 saturated heterocycles. The van der Waals surface area contributed by atoms with Gasteiger partial charge in [0.25, 0.3) is 0 Å². The van der Waals surface area contributed by atoms with E-state index in [4.69, 9.17) is 0 Å². The molecule has 0 radical (unpaired) electrons. The van der Waals surface area contributed by atoms with Gasteiger partial charge in [0, 0.05) is 4.88 Å². The summed E-state index contributed by atoms with van der Waals surface area (Å²) in [5, 5.41) is 4.15. The number of fused-ring (bicyclic) bond motifs is 1. The molecular weight excluding hydrogens is 304 g/mol. The molecule has 3 rings (SSSR count). The summed E-state index contributed by atoms with van der Waals surface area (Å²) >= 11 is 1.61. The van der Waals surface area contributed by atoms with Crippen LogP contribution in [0.15, 0.2) is 18.2 Å². The molecule has 1 aromatic carbocycles. The van der Waals surface area contributed by atoms with Gasteiger partial charge in [-0.15, -0.1) is 11.3 Å². The number of aromatic nitrogens is 1. The predicted octanol–water partition coefficient (Wildman–Crippen LogP) is 4.06. The molecule has 1 aliphatic carbocycles. The van der Waals surface area contributed by atoms with Crippen LogP contribution in [0.3, 0.4) is 0 Å². The highest BCUT2D eigenvalue weighted by Gasteiger charge is 2.15. The third kappa shape index (κ3) is 3.81. The highest BCUT2D eigenvalue weighted by Crippen LogP contribution is 2.25. The zero-order chi connectivity index (χ0) is 16.4. The van der Waals surface area contributed by atoms with Crippen molar-refractivity contribution in [1.29, 1.82) is 0 Å². The van der Waals surface area contributed by atoms with Gasteiger partial charge in [0.1, 0.15) is 0 Å². The highest BCUT2D eigenvalue weighted by atomic mass is 32.1. The number of benzene rings is 1. The fraction of sp³-hybridized carbons (Fsp3) is 0.474. The zero-order valence-corrected chi connectivity index (χ0v) is 14.9. The number of amides is 1. The van der Waals surface area contributed by atoms with E-state index in [1.807, 2.05) is 13.8 Å². The Balaban J connectivity index is 1.65. The van der Waals surface area contributed by atoms with Gasteiger partial charge in [-0.3, -0.25) is 4.79 Å². The van der Waals surface area contributed by atoms with Crippen molar-refractivity contribution in [2.45, 2.75) is 58.9 Å². The van der Waals surface area contributed by atoms with Gasteiger partial charge in [-0.05, 0) is 63.1 Å². The van der Waals surface area contributed by atoms with Crippen molar-refractivity contribution in [3.63, 3.8) is 0 Å². The van der Waals surface area contributed by atoms with Gasteiger partial charge in [0.15, 0.2) is 0 Å². The lowest BCUT2D eigenvalue weighted by atomic mass is 9.89. The largest absolute Gasteiger partial charge is 0.349 e. The molecule has 1 aromatic heterocycles. The number of nitrogens with zero attached hydrogens (tertiary/aromatic N) is 1. The first-order chi connectivity index (χ1) is 11.0. The maximum Gasteiger partial charge on any atom is 0.225 e. The highest BCUT2D eigenvalue weighted by molar-refractivity contribution is 7.11. The molecule has 3 nitrogen and oxygen atoms in total. The number of aryl methyl sites for hydroxylation is 4. The molecule has 0 fully saturated rings. The van der Waals surface area contributed by atoms with Crippen LogP contribution >= 0.6 is 11.3 Å². The molecule has 122 valence electrons. The van der Waals surface area contributed by atoms with E-state index in [0.29, 0.717) is 6.42 Å². The Morgan fingerprint density at radius 1 is 1.26 bits per heavy atom. The molecule has 23 heavy (non-hydrogen) atoms. The summed E-state index contributed by atoms with van der Waals surface area (Å²) in [6.07, 6.45) is 5.36. The van der Waals surface area contributed by atoms with Crippen molar-refractivity contribution < 1.29 is 4.79 Å². The molecule has 0 spiro atoms. The Morgan fingerprint density at radius 2 is 2.00 bits per heavy atom. The standard InChI is InChI=1S/C19H24N2OS/c1-12(16-9-8-15-6-4-5-7-17(15)10-16)21-19(22)11-18-13(2)20-14(3)23-18/h8-10,12H,4-7,11H2,1-3H3,(H,21,22)/t12-/m0/s1. The molecule has 0 unspecified atom stereocenters. The van der Waals surface area contributed by atoms with Crippen LogP contribution in [-0.2, 0) is 24.1 Å². The molecular formula is C19H24N2OS. The van der Waals surface area contributed by atoms with Gasteiger partial charge in [-0.2, -0.15) is 0 Å². The van der Waals surface area contributed by atoms with Crippen molar-refractivity contribution in [1.82, 2.24) is 10.3 Å². The minimum Gasteiger partial charge on any atom is -0.349 e. The summed E-state index contributed by atoms with van der Waals surface area (Å²) in [6, 6.07) is 6.73. The molecule has 0 bridgehead atoms. The van der Waals surface area contributed by atoms with Crippen molar-refractivity contribution >= 4 is 17.2 Å². The van der Waals surface area contributed by atoms with Crippen LogP contribution in [0, 0.1) is 13.8 Å². The summed E-state index contributed by atoms with van der Waals surface area (Å²) in [5.41, 5.74) is 5.12.